The summed E-state index contributed by atoms with van der Waals surface area (Å²) in [6.07, 6.45) is 1.46. The van der Waals surface area contributed by atoms with Crippen LogP contribution in [0.25, 0.3) is 15.9 Å². The van der Waals surface area contributed by atoms with Crippen LogP contribution >= 0.6 is 23.7 Å². The maximum absolute atomic E-state index is 13.7. The average molecular weight is 480 g/mol. The molecular weight excluding hydrogens is 458 g/mol. The number of carbonyl (C=O) groups excluding carboxylic acids is 2. The highest BCUT2D eigenvalue weighted by Crippen LogP contribution is 2.42. The zero-order valence-electron chi connectivity index (χ0n) is 17.6. The lowest BCUT2D eigenvalue weighted by molar-refractivity contribution is -0.119. The number of para-hydroxylation sites is 1. The molecular formula is C25H22ClN3O3S. The minimum absolute atomic E-state index is 0. The number of rotatable bonds is 5. The van der Waals surface area contributed by atoms with Gasteiger partial charge in [0.2, 0.25) is 5.91 Å². The van der Waals surface area contributed by atoms with Gasteiger partial charge in [-0.15, -0.1) is 12.4 Å². The Balaban J connectivity index is 0.00000259. The van der Waals surface area contributed by atoms with Gasteiger partial charge in [0, 0.05) is 23.6 Å². The number of ketones is 1. The molecule has 0 radical (unpaired) electrons. The van der Waals surface area contributed by atoms with Gasteiger partial charge in [0.25, 0.3) is 5.56 Å². The first kappa shape index (κ1) is 22.8. The lowest BCUT2D eigenvalue weighted by Crippen LogP contribution is -2.40. The van der Waals surface area contributed by atoms with Crippen LogP contribution in [-0.2, 0) is 4.79 Å². The third-order valence-electron chi connectivity index (χ3n) is 5.84. The minimum Gasteiger partial charge on any atom is -0.368 e. The van der Waals surface area contributed by atoms with Gasteiger partial charge in [-0.05, 0) is 31.0 Å². The van der Waals surface area contributed by atoms with E-state index in [0.717, 1.165) is 12.1 Å². The van der Waals surface area contributed by atoms with Crippen LogP contribution in [0.3, 0.4) is 0 Å². The van der Waals surface area contributed by atoms with Crippen LogP contribution in [0.2, 0.25) is 0 Å². The Kier molecular flexibility index (Phi) is 6.35. The number of hydrogen-bond acceptors (Lipinski definition) is 5. The second-order valence-corrected chi connectivity index (χ2v) is 8.77. The molecule has 0 saturated carbocycles. The number of amides is 1. The molecule has 5 rings (SSSR count). The zero-order valence-corrected chi connectivity index (χ0v) is 19.3. The maximum atomic E-state index is 13.7. The molecule has 8 heteroatoms. The van der Waals surface area contributed by atoms with Crippen molar-refractivity contribution in [2.24, 2.45) is 5.73 Å². The number of carbonyl (C=O) groups is 2. The number of thiophene rings is 1. The van der Waals surface area contributed by atoms with Crippen molar-refractivity contribution >= 4 is 50.7 Å². The number of halogens is 1. The highest BCUT2D eigenvalue weighted by atomic mass is 35.5. The summed E-state index contributed by atoms with van der Waals surface area (Å²) in [5.41, 5.74) is 7.30. The minimum atomic E-state index is -0.470. The number of pyridine rings is 1. The SMILES string of the molecule is Cl.NC(=O)[C@@H]1CCCN1c1sc2c(ccc(=O)n2-c2ccccc2)c1C(=O)c1ccccc1. The number of fused-ring (bicyclic) bond motifs is 1. The summed E-state index contributed by atoms with van der Waals surface area (Å²) in [6, 6.07) is 21.1. The van der Waals surface area contributed by atoms with Crippen LogP contribution in [0, 0.1) is 0 Å². The molecule has 6 nitrogen and oxygen atoms in total. The quantitative estimate of drug-likeness (QED) is 0.435. The Bertz CT molecular complexity index is 1380. The summed E-state index contributed by atoms with van der Waals surface area (Å²) in [6.45, 7) is 0.630. The Hall–Kier alpha value is -3.42. The van der Waals surface area contributed by atoms with Crippen molar-refractivity contribution < 1.29 is 9.59 Å². The molecule has 2 N–H and O–H groups in total. The molecule has 168 valence electrons. The van der Waals surface area contributed by atoms with E-state index in [1.165, 1.54) is 17.4 Å². The van der Waals surface area contributed by atoms with Crippen LogP contribution in [-0.4, -0.2) is 28.8 Å². The molecule has 0 unspecified atom stereocenters. The first-order valence-corrected chi connectivity index (χ1v) is 11.3. The first-order valence-electron chi connectivity index (χ1n) is 10.5. The molecule has 2 aromatic carbocycles. The number of benzene rings is 2. The van der Waals surface area contributed by atoms with E-state index in [2.05, 4.69) is 0 Å². The second-order valence-electron chi connectivity index (χ2n) is 7.79. The third-order valence-corrected chi connectivity index (χ3v) is 7.07. The van der Waals surface area contributed by atoms with Gasteiger partial charge < -0.3 is 10.6 Å². The van der Waals surface area contributed by atoms with E-state index >= 15 is 0 Å². The molecule has 0 aliphatic carbocycles. The van der Waals surface area contributed by atoms with Crippen molar-refractivity contribution in [3.63, 3.8) is 0 Å². The van der Waals surface area contributed by atoms with Gasteiger partial charge in [-0.1, -0.05) is 59.9 Å². The maximum Gasteiger partial charge on any atom is 0.256 e. The molecule has 1 amide bonds. The number of anilines is 1. The number of nitrogens with two attached hydrogens (primary N) is 1. The molecule has 1 aliphatic rings. The summed E-state index contributed by atoms with van der Waals surface area (Å²) in [5, 5.41) is 1.38. The van der Waals surface area contributed by atoms with Crippen LogP contribution in [0.1, 0.15) is 28.8 Å². The smallest absolute Gasteiger partial charge is 0.256 e. The number of nitrogens with zero attached hydrogens (tertiary/aromatic N) is 2. The fraction of sp³-hybridized carbons (Fsp3) is 0.160. The van der Waals surface area contributed by atoms with Crippen molar-refractivity contribution in [2.75, 3.05) is 11.4 Å². The van der Waals surface area contributed by atoms with E-state index in [4.69, 9.17) is 5.73 Å². The van der Waals surface area contributed by atoms with Crippen LogP contribution in [0.4, 0.5) is 5.00 Å². The molecule has 1 fully saturated rings. The Morgan fingerprint density at radius 2 is 1.61 bits per heavy atom. The molecule has 33 heavy (non-hydrogen) atoms. The van der Waals surface area contributed by atoms with E-state index in [1.54, 1.807) is 22.8 Å². The second kappa shape index (κ2) is 9.21. The predicted octanol–water partition coefficient (Wildman–Crippen LogP) is 4.16. The Morgan fingerprint density at radius 3 is 2.27 bits per heavy atom. The van der Waals surface area contributed by atoms with Crippen molar-refractivity contribution in [1.29, 1.82) is 0 Å². The molecule has 4 aromatic rings. The standard InChI is InChI=1S/C25H21N3O3S.ClH/c26-23(31)19-12-7-15-27(19)25-21(22(30)16-8-3-1-4-9-16)18-13-14-20(29)28(24(18)32-25)17-10-5-2-6-11-17;/h1-6,8-11,13-14,19H,7,12,15H2,(H2,26,31);1H/t19-;/m0./s1. The van der Waals surface area contributed by atoms with E-state index in [1.807, 2.05) is 53.4 Å². The summed E-state index contributed by atoms with van der Waals surface area (Å²) in [4.78, 5) is 41.3. The summed E-state index contributed by atoms with van der Waals surface area (Å²) >= 11 is 1.36. The van der Waals surface area contributed by atoms with E-state index in [0.29, 0.717) is 39.3 Å². The molecule has 2 aromatic heterocycles. The lowest BCUT2D eigenvalue weighted by atomic mass is 10.0. The Morgan fingerprint density at radius 1 is 0.939 bits per heavy atom. The molecule has 0 bridgehead atoms. The normalized spacial score (nSPS) is 15.4. The van der Waals surface area contributed by atoms with Crippen LogP contribution < -0.4 is 16.2 Å². The van der Waals surface area contributed by atoms with Gasteiger partial charge in [0.1, 0.15) is 15.9 Å². The number of hydrogen-bond donors (Lipinski definition) is 1. The third kappa shape index (κ3) is 3.94. The van der Waals surface area contributed by atoms with E-state index in [-0.39, 0.29) is 23.7 Å². The fourth-order valence-electron chi connectivity index (χ4n) is 4.35. The summed E-state index contributed by atoms with van der Waals surface area (Å²) in [5.74, 6) is -0.543. The van der Waals surface area contributed by atoms with Crippen molar-refractivity contribution in [2.45, 2.75) is 18.9 Å². The largest absolute Gasteiger partial charge is 0.368 e. The molecule has 1 atom stereocenters. The Labute approximate surface area is 200 Å². The summed E-state index contributed by atoms with van der Waals surface area (Å²) < 4.78 is 1.63. The first-order chi connectivity index (χ1) is 15.6. The summed E-state index contributed by atoms with van der Waals surface area (Å²) in [7, 11) is 0. The van der Waals surface area contributed by atoms with Gasteiger partial charge in [0.05, 0.1) is 11.3 Å². The lowest BCUT2D eigenvalue weighted by Gasteiger charge is -2.23. The average Bonchev–Trinajstić information content (AvgIpc) is 3.44. The fourth-order valence-corrected chi connectivity index (χ4v) is 5.74. The zero-order chi connectivity index (χ0) is 22.2. The molecule has 3 heterocycles. The van der Waals surface area contributed by atoms with Crippen LogP contribution in [0.5, 0.6) is 0 Å². The molecule has 1 saturated heterocycles. The number of primary amides is 1. The highest BCUT2D eigenvalue weighted by molar-refractivity contribution is 7.23. The molecule has 1 aliphatic heterocycles. The number of aromatic nitrogens is 1. The van der Waals surface area contributed by atoms with Gasteiger partial charge in [-0.25, -0.2) is 0 Å². The van der Waals surface area contributed by atoms with Crippen molar-refractivity contribution in [1.82, 2.24) is 4.57 Å². The predicted molar refractivity (Wildman–Crippen MR) is 134 cm³/mol. The van der Waals surface area contributed by atoms with Gasteiger partial charge >= 0.3 is 0 Å². The topological polar surface area (TPSA) is 85.4 Å². The van der Waals surface area contributed by atoms with Gasteiger partial charge in [-0.2, -0.15) is 0 Å². The molecule has 0 spiro atoms. The van der Waals surface area contributed by atoms with Crippen molar-refractivity contribution in [3.8, 4) is 5.69 Å². The van der Waals surface area contributed by atoms with Gasteiger partial charge in [0.15, 0.2) is 5.78 Å². The highest BCUT2D eigenvalue weighted by Gasteiger charge is 2.34. The van der Waals surface area contributed by atoms with Crippen molar-refractivity contribution in [3.05, 3.63) is 94.3 Å². The van der Waals surface area contributed by atoms with E-state index in [9.17, 15) is 14.4 Å². The van der Waals surface area contributed by atoms with Crippen LogP contribution in [0.15, 0.2) is 77.6 Å². The van der Waals surface area contributed by atoms with Gasteiger partial charge in [-0.3, -0.25) is 19.0 Å². The monoisotopic (exact) mass is 479 g/mol. The van der Waals surface area contributed by atoms with E-state index < -0.39 is 11.9 Å².